The van der Waals surface area contributed by atoms with E-state index in [9.17, 15) is 0 Å². The van der Waals surface area contributed by atoms with Crippen LogP contribution in [-0.2, 0) is 0 Å². The summed E-state index contributed by atoms with van der Waals surface area (Å²) in [4.78, 5) is 2.24. The Labute approximate surface area is 67.6 Å². The topological polar surface area (TPSA) is 23.5 Å². The number of hydrogen-bond donors (Lipinski definition) is 1. The highest BCUT2D eigenvalue weighted by atomic mass is 32.2. The number of rotatable bonds is 6. The van der Waals surface area contributed by atoms with E-state index in [1.807, 2.05) is 11.8 Å². The summed E-state index contributed by atoms with van der Waals surface area (Å²) < 4.78 is 0. The van der Waals surface area contributed by atoms with Crippen molar-refractivity contribution in [2.24, 2.45) is 0 Å². The molecular formula is C7H17NOS. The maximum absolute atomic E-state index is 8.51. The summed E-state index contributed by atoms with van der Waals surface area (Å²) in [5.41, 5.74) is 0. The van der Waals surface area contributed by atoms with Gasteiger partial charge in [-0.2, -0.15) is 11.8 Å². The van der Waals surface area contributed by atoms with Crippen LogP contribution in [0.2, 0.25) is 0 Å². The van der Waals surface area contributed by atoms with E-state index in [-0.39, 0.29) is 0 Å². The van der Waals surface area contributed by atoms with Crippen LogP contribution in [-0.4, -0.2) is 48.8 Å². The van der Waals surface area contributed by atoms with Gasteiger partial charge in [-0.3, -0.25) is 0 Å². The van der Waals surface area contributed by atoms with Gasteiger partial charge in [-0.05, 0) is 19.7 Å². The third-order valence-corrected chi connectivity index (χ3v) is 1.97. The maximum atomic E-state index is 8.51. The van der Waals surface area contributed by atoms with E-state index in [2.05, 4.69) is 18.2 Å². The second-order valence-electron chi connectivity index (χ2n) is 2.37. The summed E-state index contributed by atoms with van der Waals surface area (Å²) in [5, 5.41) is 8.51. The van der Waals surface area contributed by atoms with Crippen molar-refractivity contribution in [3.05, 3.63) is 0 Å². The number of aliphatic hydroxyl groups excluding tert-OH is 1. The molecule has 62 valence electrons. The standard InChI is InChI=1S/C7H17NOS/c1-8(4-3-6-9)5-7-10-2/h9H,3-7H2,1-2H3. The number of thioether (sulfide) groups is 1. The SMILES string of the molecule is CSCCN(C)CCCO. The molecule has 0 aromatic rings. The summed E-state index contributed by atoms with van der Waals surface area (Å²) in [6.45, 7) is 2.45. The number of aliphatic hydroxyl groups is 1. The Kier molecular flexibility index (Phi) is 7.58. The predicted octanol–water partition coefficient (Wildman–Crippen LogP) is 0.664. The number of nitrogens with zero attached hydrogens (tertiary/aromatic N) is 1. The minimum atomic E-state index is 0.309. The van der Waals surface area contributed by atoms with Crippen molar-refractivity contribution in [2.75, 3.05) is 38.8 Å². The molecule has 0 heterocycles. The molecule has 0 unspecified atom stereocenters. The fourth-order valence-electron chi connectivity index (χ4n) is 0.700. The molecule has 1 N–H and O–H groups in total. The second-order valence-corrected chi connectivity index (χ2v) is 3.36. The average Bonchev–Trinajstić information content (AvgIpc) is 1.97. The van der Waals surface area contributed by atoms with Gasteiger partial charge in [0.15, 0.2) is 0 Å². The number of hydrogen-bond acceptors (Lipinski definition) is 3. The lowest BCUT2D eigenvalue weighted by atomic mass is 10.4. The predicted molar refractivity (Wildman–Crippen MR) is 47.6 cm³/mol. The molecule has 0 rings (SSSR count). The molecule has 0 spiro atoms. The van der Waals surface area contributed by atoms with Crippen molar-refractivity contribution in [2.45, 2.75) is 6.42 Å². The highest BCUT2D eigenvalue weighted by Gasteiger charge is 1.94. The lowest BCUT2D eigenvalue weighted by Gasteiger charge is -2.14. The monoisotopic (exact) mass is 163 g/mol. The second kappa shape index (κ2) is 7.38. The minimum absolute atomic E-state index is 0.309. The Morgan fingerprint density at radius 3 is 2.60 bits per heavy atom. The lowest BCUT2D eigenvalue weighted by Crippen LogP contribution is -2.22. The van der Waals surface area contributed by atoms with Crippen LogP contribution in [0.15, 0.2) is 0 Å². The van der Waals surface area contributed by atoms with Gasteiger partial charge >= 0.3 is 0 Å². The van der Waals surface area contributed by atoms with Crippen molar-refractivity contribution in [3.8, 4) is 0 Å². The molecule has 0 radical (unpaired) electrons. The zero-order valence-corrected chi connectivity index (χ0v) is 7.65. The van der Waals surface area contributed by atoms with E-state index >= 15 is 0 Å². The third-order valence-electron chi connectivity index (χ3n) is 1.38. The molecule has 0 fully saturated rings. The van der Waals surface area contributed by atoms with Crippen molar-refractivity contribution in [1.29, 1.82) is 0 Å². The molecule has 0 aliphatic carbocycles. The summed E-state index contributed by atoms with van der Waals surface area (Å²) in [7, 11) is 2.09. The zero-order chi connectivity index (χ0) is 7.82. The smallest absolute Gasteiger partial charge is 0.0443 e. The molecule has 0 amide bonds. The van der Waals surface area contributed by atoms with E-state index in [4.69, 9.17) is 5.11 Å². The van der Waals surface area contributed by atoms with E-state index in [0.717, 1.165) is 19.5 Å². The first-order chi connectivity index (χ1) is 4.81. The van der Waals surface area contributed by atoms with E-state index in [0.29, 0.717) is 6.61 Å². The van der Waals surface area contributed by atoms with Crippen LogP contribution in [0.5, 0.6) is 0 Å². The Balaban J connectivity index is 3.00. The summed E-state index contributed by atoms with van der Waals surface area (Å²) in [6.07, 6.45) is 3.00. The average molecular weight is 163 g/mol. The molecule has 0 aromatic heterocycles. The van der Waals surface area contributed by atoms with Crippen LogP contribution in [0.3, 0.4) is 0 Å². The summed E-state index contributed by atoms with van der Waals surface area (Å²) in [6, 6.07) is 0. The van der Waals surface area contributed by atoms with Crippen molar-refractivity contribution < 1.29 is 5.11 Å². The van der Waals surface area contributed by atoms with Gasteiger partial charge in [0, 0.05) is 25.4 Å². The van der Waals surface area contributed by atoms with Gasteiger partial charge in [-0.15, -0.1) is 0 Å². The molecule has 0 aromatic carbocycles. The van der Waals surface area contributed by atoms with Crippen molar-refractivity contribution in [3.63, 3.8) is 0 Å². The van der Waals surface area contributed by atoms with Crippen LogP contribution in [0, 0.1) is 0 Å². The fourth-order valence-corrected chi connectivity index (χ4v) is 1.19. The Morgan fingerprint density at radius 1 is 1.40 bits per heavy atom. The van der Waals surface area contributed by atoms with Gasteiger partial charge in [0.25, 0.3) is 0 Å². The summed E-state index contributed by atoms with van der Waals surface area (Å²) >= 11 is 1.86. The molecular weight excluding hydrogens is 146 g/mol. The van der Waals surface area contributed by atoms with Gasteiger partial charge in [0.1, 0.15) is 0 Å². The third kappa shape index (κ3) is 6.39. The first-order valence-corrected chi connectivity index (χ1v) is 4.99. The molecule has 0 aliphatic heterocycles. The van der Waals surface area contributed by atoms with Crippen LogP contribution < -0.4 is 0 Å². The van der Waals surface area contributed by atoms with Gasteiger partial charge in [0.2, 0.25) is 0 Å². The van der Waals surface area contributed by atoms with Crippen LogP contribution >= 0.6 is 11.8 Å². The van der Waals surface area contributed by atoms with Crippen molar-refractivity contribution in [1.82, 2.24) is 4.90 Å². The molecule has 0 saturated heterocycles. The minimum Gasteiger partial charge on any atom is -0.396 e. The maximum Gasteiger partial charge on any atom is 0.0443 e. The van der Waals surface area contributed by atoms with Gasteiger partial charge in [0.05, 0.1) is 0 Å². The summed E-state index contributed by atoms with van der Waals surface area (Å²) in [5.74, 6) is 1.18. The normalized spacial score (nSPS) is 10.8. The first-order valence-electron chi connectivity index (χ1n) is 3.59. The molecule has 2 nitrogen and oxygen atoms in total. The van der Waals surface area contributed by atoms with Crippen LogP contribution in [0.1, 0.15) is 6.42 Å². The molecule has 0 atom stereocenters. The van der Waals surface area contributed by atoms with Crippen molar-refractivity contribution >= 4 is 11.8 Å². The first kappa shape index (κ1) is 10.3. The fraction of sp³-hybridized carbons (Fsp3) is 1.00. The molecule has 0 saturated carbocycles. The van der Waals surface area contributed by atoms with Crippen LogP contribution in [0.4, 0.5) is 0 Å². The quantitative estimate of drug-likeness (QED) is 0.622. The van der Waals surface area contributed by atoms with E-state index < -0.39 is 0 Å². The molecule has 0 aliphatic rings. The van der Waals surface area contributed by atoms with E-state index in [1.165, 1.54) is 5.75 Å². The largest absolute Gasteiger partial charge is 0.396 e. The van der Waals surface area contributed by atoms with Gasteiger partial charge in [-0.25, -0.2) is 0 Å². The highest BCUT2D eigenvalue weighted by molar-refractivity contribution is 7.98. The Morgan fingerprint density at radius 2 is 2.10 bits per heavy atom. The van der Waals surface area contributed by atoms with Gasteiger partial charge < -0.3 is 10.0 Å². The molecule has 3 heteroatoms. The van der Waals surface area contributed by atoms with E-state index in [1.54, 1.807) is 0 Å². The molecule has 0 bridgehead atoms. The Bertz CT molecular complexity index is 62.6. The Hall–Kier alpha value is 0.270. The van der Waals surface area contributed by atoms with Gasteiger partial charge in [-0.1, -0.05) is 0 Å². The van der Waals surface area contributed by atoms with Crippen LogP contribution in [0.25, 0.3) is 0 Å². The zero-order valence-electron chi connectivity index (χ0n) is 6.84. The highest BCUT2D eigenvalue weighted by Crippen LogP contribution is 1.93. The lowest BCUT2D eigenvalue weighted by molar-refractivity contribution is 0.253. The molecule has 10 heavy (non-hydrogen) atoms.